The predicted octanol–water partition coefficient (Wildman–Crippen LogP) is -1.62. The van der Waals surface area contributed by atoms with Crippen molar-refractivity contribution >= 4 is 11.2 Å². The molecule has 0 saturated carbocycles. The number of nitrogens with zero attached hydrogens (tertiary/aromatic N) is 4. The Hall–Kier alpha value is -1.93. The molecule has 0 radical (unpaired) electrons. The van der Waals surface area contributed by atoms with Gasteiger partial charge in [0.25, 0.3) is 5.56 Å². The Labute approximate surface area is 102 Å². The molecule has 8 heteroatoms. The third-order valence-corrected chi connectivity index (χ3v) is 2.34. The van der Waals surface area contributed by atoms with E-state index in [1.54, 1.807) is 14.0 Å². The lowest BCUT2D eigenvalue weighted by atomic mass is 10.5. The Balaban J connectivity index is 0.000000492. The Morgan fingerprint density at radius 3 is 2.33 bits per heavy atom. The maximum absolute atomic E-state index is 11.7. The second-order valence-electron chi connectivity index (χ2n) is 3.56. The topological polar surface area (TPSA) is 102 Å². The summed E-state index contributed by atoms with van der Waals surface area (Å²) in [5.41, 5.74) is -0.493. The molecule has 0 amide bonds. The summed E-state index contributed by atoms with van der Waals surface area (Å²) in [6, 6.07) is 0. The third kappa shape index (κ3) is 2.20. The van der Waals surface area contributed by atoms with Gasteiger partial charge in [-0.05, 0) is 6.92 Å². The van der Waals surface area contributed by atoms with Gasteiger partial charge < -0.3 is 14.8 Å². The zero-order chi connectivity index (χ0) is 13.9. The van der Waals surface area contributed by atoms with Crippen molar-refractivity contribution in [2.75, 3.05) is 6.61 Å². The van der Waals surface area contributed by atoms with Crippen LogP contribution >= 0.6 is 0 Å². The average molecular weight is 256 g/mol. The van der Waals surface area contributed by atoms with E-state index in [0.717, 1.165) is 4.57 Å². The maximum Gasteiger partial charge on any atom is 0.334 e. The van der Waals surface area contributed by atoms with Crippen LogP contribution < -0.4 is 11.2 Å². The van der Waals surface area contributed by atoms with Gasteiger partial charge in [-0.3, -0.25) is 9.36 Å². The number of hydrogen-bond acceptors (Lipinski definition) is 5. The highest BCUT2D eigenvalue weighted by molar-refractivity contribution is 5.69. The highest BCUT2D eigenvalue weighted by Crippen LogP contribution is 2.02. The summed E-state index contributed by atoms with van der Waals surface area (Å²) < 4.78 is 3.50. The summed E-state index contributed by atoms with van der Waals surface area (Å²) in [5.74, 6) is 0. The molecule has 0 aliphatic rings. The van der Waals surface area contributed by atoms with E-state index in [9.17, 15) is 9.59 Å². The van der Waals surface area contributed by atoms with Gasteiger partial charge >= 0.3 is 5.69 Å². The second-order valence-corrected chi connectivity index (χ2v) is 3.56. The van der Waals surface area contributed by atoms with Crippen molar-refractivity contribution in [1.29, 1.82) is 0 Å². The minimum Gasteiger partial charge on any atom is -0.397 e. The molecule has 0 spiro atoms. The van der Waals surface area contributed by atoms with Crippen LogP contribution in [0.3, 0.4) is 0 Å². The largest absolute Gasteiger partial charge is 0.397 e. The van der Waals surface area contributed by atoms with E-state index < -0.39 is 18.0 Å². The van der Waals surface area contributed by atoms with Crippen LogP contribution in [0.5, 0.6) is 0 Å². The van der Waals surface area contributed by atoms with Crippen molar-refractivity contribution in [2.45, 2.75) is 13.7 Å². The Kier molecular flexibility index (Phi) is 4.40. The first-order chi connectivity index (χ1) is 8.49. The van der Waals surface area contributed by atoms with Gasteiger partial charge in [-0.15, -0.1) is 0 Å². The van der Waals surface area contributed by atoms with Crippen molar-refractivity contribution < 1.29 is 10.2 Å². The number of rotatable bonds is 1. The molecule has 18 heavy (non-hydrogen) atoms. The fourth-order valence-corrected chi connectivity index (χ4v) is 1.52. The Bertz CT molecular complexity index is 652. The number of aryl methyl sites for hydroxylation is 2. The highest BCUT2D eigenvalue weighted by Gasteiger charge is 2.13. The molecule has 2 rings (SSSR count). The number of aromatic nitrogens is 4. The smallest absolute Gasteiger partial charge is 0.334 e. The first-order valence-electron chi connectivity index (χ1n) is 5.32. The van der Waals surface area contributed by atoms with Gasteiger partial charge in [-0.2, -0.15) is 0 Å². The fourth-order valence-electron chi connectivity index (χ4n) is 1.52. The molecule has 100 valence electrons. The van der Waals surface area contributed by atoms with Gasteiger partial charge in [0.1, 0.15) is 6.73 Å². The molecule has 0 unspecified atom stereocenters. The zero-order valence-corrected chi connectivity index (χ0v) is 10.5. The molecule has 0 saturated heterocycles. The SMILES string of the molecule is CCO.Cn1cnc2c1c(=O)n(CO)c(=O)n2C. The van der Waals surface area contributed by atoms with Crippen LogP contribution in [0.4, 0.5) is 0 Å². The number of imidazole rings is 1. The van der Waals surface area contributed by atoms with E-state index in [1.165, 1.54) is 22.5 Å². The van der Waals surface area contributed by atoms with E-state index in [0.29, 0.717) is 11.2 Å². The molecule has 2 heterocycles. The Morgan fingerprint density at radius 2 is 1.83 bits per heavy atom. The van der Waals surface area contributed by atoms with E-state index >= 15 is 0 Å². The lowest BCUT2D eigenvalue weighted by Gasteiger charge is -2.04. The quantitative estimate of drug-likeness (QED) is 0.638. The lowest BCUT2D eigenvalue weighted by molar-refractivity contribution is 0.199. The standard InChI is InChI=1S/C8H10N4O3.C2H6O/c1-10-3-9-6-5(10)7(14)12(4-13)8(15)11(6)2;1-2-3/h3,13H,4H2,1-2H3;3H,2H2,1H3. The summed E-state index contributed by atoms with van der Waals surface area (Å²) in [5, 5.41) is 16.5. The van der Waals surface area contributed by atoms with Crippen LogP contribution in [0.1, 0.15) is 6.92 Å². The molecule has 0 bridgehead atoms. The molecule has 2 N–H and O–H groups in total. The Morgan fingerprint density at radius 1 is 1.28 bits per heavy atom. The fraction of sp³-hybridized carbons (Fsp3) is 0.500. The van der Waals surface area contributed by atoms with Gasteiger partial charge in [0, 0.05) is 20.7 Å². The molecule has 8 nitrogen and oxygen atoms in total. The molecule has 0 fully saturated rings. The number of hydrogen-bond donors (Lipinski definition) is 2. The van der Waals surface area contributed by atoms with Crippen LogP contribution in [0, 0.1) is 0 Å². The van der Waals surface area contributed by atoms with Crippen LogP contribution in [-0.2, 0) is 20.8 Å². The van der Waals surface area contributed by atoms with E-state index in [1.807, 2.05) is 0 Å². The molecular formula is C10H16N4O4. The minimum atomic E-state index is -0.632. The molecule has 0 atom stereocenters. The van der Waals surface area contributed by atoms with E-state index in [2.05, 4.69) is 4.98 Å². The van der Waals surface area contributed by atoms with Crippen LogP contribution in [0.15, 0.2) is 15.9 Å². The van der Waals surface area contributed by atoms with Crippen molar-refractivity contribution in [3.63, 3.8) is 0 Å². The first-order valence-corrected chi connectivity index (χ1v) is 5.32. The summed E-state index contributed by atoms with van der Waals surface area (Å²) in [4.78, 5) is 27.2. The van der Waals surface area contributed by atoms with Gasteiger partial charge in [-0.25, -0.2) is 14.3 Å². The molecule has 0 aromatic carbocycles. The summed E-state index contributed by atoms with van der Waals surface area (Å²) in [6.07, 6.45) is 1.45. The second kappa shape index (κ2) is 5.61. The average Bonchev–Trinajstić information content (AvgIpc) is 2.71. The van der Waals surface area contributed by atoms with Crippen molar-refractivity contribution in [3.8, 4) is 0 Å². The summed E-state index contributed by atoms with van der Waals surface area (Å²) in [6.45, 7) is 1.30. The van der Waals surface area contributed by atoms with Crippen molar-refractivity contribution in [2.24, 2.45) is 14.1 Å². The van der Waals surface area contributed by atoms with Crippen molar-refractivity contribution in [3.05, 3.63) is 27.2 Å². The zero-order valence-electron chi connectivity index (χ0n) is 10.5. The minimum absolute atomic E-state index is 0.250. The maximum atomic E-state index is 11.7. The molecule has 0 aliphatic heterocycles. The van der Waals surface area contributed by atoms with Gasteiger partial charge in [-0.1, -0.05) is 0 Å². The molecule has 2 aromatic heterocycles. The number of aliphatic hydroxyl groups is 2. The molecule has 2 aromatic rings. The van der Waals surface area contributed by atoms with Crippen LogP contribution in [0.2, 0.25) is 0 Å². The molecular weight excluding hydrogens is 240 g/mol. The van der Waals surface area contributed by atoms with Gasteiger partial charge in [0.2, 0.25) is 0 Å². The lowest BCUT2D eigenvalue weighted by Crippen LogP contribution is -2.39. The van der Waals surface area contributed by atoms with E-state index in [4.69, 9.17) is 10.2 Å². The number of aliphatic hydroxyl groups excluding tert-OH is 2. The summed E-state index contributed by atoms with van der Waals surface area (Å²) >= 11 is 0. The van der Waals surface area contributed by atoms with Crippen molar-refractivity contribution in [1.82, 2.24) is 18.7 Å². The monoisotopic (exact) mass is 256 g/mol. The predicted molar refractivity (Wildman–Crippen MR) is 65.2 cm³/mol. The number of fused-ring (bicyclic) bond motifs is 1. The summed E-state index contributed by atoms with van der Waals surface area (Å²) in [7, 11) is 3.16. The van der Waals surface area contributed by atoms with E-state index in [-0.39, 0.29) is 6.61 Å². The first kappa shape index (κ1) is 14.1. The third-order valence-electron chi connectivity index (χ3n) is 2.34. The van der Waals surface area contributed by atoms with Crippen LogP contribution in [0.25, 0.3) is 11.2 Å². The van der Waals surface area contributed by atoms with Gasteiger partial charge in [0.15, 0.2) is 11.2 Å². The van der Waals surface area contributed by atoms with Gasteiger partial charge in [0.05, 0.1) is 6.33 Å². The van der Waals surface area contributed by atoms with Crippen LogP contribution in [-0.4, -0.2) is 35.5 Å². The molecule has 0 aliphatic carbocycles. The highest BCUT2D eigenvalue weighted by atomic mass is 16.3. The normalized spacial score (nSPS) is 10.3.